The SMILES string of the molecule is NC(=S)CCCCNC(=O)c1ccc2cc(Br)ccc2c1. The minimum absolute atomic E-state index is 0.0462. The molecule has 0 aliphatic carbocycles. The highest BCUT2D eigenvalue weighted by atomic mass is 79.9. The van der Waals surface area contributed by atoms with Gasteiger partial charge in [-0.15, -0.1) is 0 Å². The molecule has 110 valence electrons. The van der Waals surface area contributed by atoms with Gasteiger partial charge in [-0.3, -0.25) is 4.79 Å². The lowest BCUT2D eigenvalue weighted by Gasteiger charge is -2.06. The second-order valence-electron chi connectivity index (χ2n) is 4.89. The summed E-state index contributed by atoms with van der Waals surface area (Å²) in [6.07, 6.45) is 2.51. The first-order valence-corrected chi connectivity index (χ1v) is 8.02. The predicted molar refractivity (Wildman–Crippen MR) is 94.6 cm³/mol. The minimum Gasteiger partial charge on any atom is -0.393 e. The van der Waals surface area contributed by atoms with Crippen molar-refractivity contribution in [2.45, 2.75) is 19.3 Å². The topological polar surface area (TPSA) is 55.1 Å². The van der Waals surface area contributed by atoms with Crippen LogP contribution in [0.5, 0.6) is 0 Å². The van der Waals surface area contributed by atoms with Crippen LogP contribution < -0.4 is 11.1 Å². The van der Waals surface area contributed by atoms with Crippen molar-refractivity contribution in [3.63, 3.8) is 0 Å². The molecule has 3 N–H and O–H groups in total. The fourth-order valence-corrected chi connectivity index (χ4v) is 2.61. The lowest BCUT2D eigenvalue weighted by atomic mass is 10.1. The summed E-state index contributed by atoms with van der Waals surface area (Å²) in [6, 6.07) is 11.7. The first-order chi connectivity index (χ1) is 10.1. The highest BCUT2D eigenvalue weighted by Gasteiger charge is 2.06. The van der Waals surface area contributed by atoms with Gasteiger partial charge in [-0.05, 0) is 54.3 Å². The monoisotopic (exact) mass is 364 g/mol. The van der Waals surface area contributed by atoms with E-state index in [1.165, 1.54) is 0 Å². The maximum absolute atomic E-state index is 12.1. The molecule has 2 rings (SSSR count). The van der Waals surface area contributed by atoms with Crippen LogP contribution in [0.25, 0.3) is 10.8 Å². The van der Waals surface area contributed by atoms with E-state index in [9.17, 15) is 4.79 Å². The van der Waals surface area contributed by atoms with Crippen molar-refractivity contribution < 1.29 is 4.79 Å². The third-order valence-electron chi connectivity index (χ3n) is 3.20. The number of unbranched alkanes of at least 4 members (excludes halogenated alkanes) is 1. The summed E-state index contributed by atoms with van der Waals surface area (Å²) in [5.74, 6) is -0.0462. The Morgan fingerprint density at radius 2 is 1.86 bits per heavy atom. The van der Waals surface area contributed by atoms with Gasteiger partial charge in [0.2, 0.25) is 0 Å². The molecular formula is C16H17BrN2OS. The van der Waals surface area contributed by atoms with Crippen molar-refractivity contribution in [1.82, 2.24) is 5.32 Å². The van der Waals surface area contributed by atoms with Crippen LogP contribution in [0.4, 0.5) is 0 Å². The summed E-state index contributed by atoms with van der Waals surface area (Å²) in [6.45, 7) is 0.639. The second kappa shape index (κ2) is 7.52. The van der Waals surface area contributed by atoms with Crippen molar-refractivity contribution in [3.05, 3.63) is 46.4 Å². The zero-order chi connectivity index (χ0) is 15.2. The number of rotatable bonds is 6. The van der Waals surface area contributed by atoms with Crippen LogP contribution in [0.15, 0.2) is 40.9 Å². The number of nitrogens with two attached hydrogens (primary N) is 1. The van der Waals surface area contributed by atoms with Gasteiger partial charge in [-0.1, -0.05) is 40.3 Å². The van der Waals surface area contributed by atoms with E-state index in [4.69, 9.17) is 18.0 Å². The van der Waals surface area contributed by atoms with Crippen molar-refractivity contribution >= 4 is 49.8 Å². The van der Waals surface area contributed by atoms with Crippen LogP contribution in [0.3, 0.4) is 0 Å². The molecule has 1 amide bonds. The molecule has 5 heteroatoms. The number of amides is 1. The molecule has 0 fully saturated rings. The number of benzene rings is 2. The average Bonchev–Trinajstić information content (AvgIpc) is 2.45. The first-order valence-electron chi connectivity index (χ1n) is 6.82. The molecule has 21 heavy (non-hydrogen) atoms. The number of nitrogens with one attached hydrogen (secondary N) is 1. The molecule has 0 aliphatic rings. The van der Waals surface area contributed by atoms with E-state index >= 15 is 0 Å². The average molecular weight is 365 g/mol. The van der Waals surface area contributed by atoms with Crippen LogP contribution in [0, 0.1) is 0 Å². The van der Waals surface area contributed by atoms with Gasteiger partial charge < -0.3 is 11.1 Å². The number of halogens is 1. The maximum atomic E-state index is 12.1. The number of hydrogen-bond donors (Lipinski definition) is 2. The van der Waals surface area contributed by atoms with Crippen LogP contribution in [-0.2, 0) is 0 Å². The summed E-state index contributed by atoms with van der Waals surface area (Å²) in [5.41, 5.74) is 6.11. The van der Waals surface area contributed by atoms with Crippen LogP contribution in [0.1, 0.15) is 29.6 Å². The number of hydrogen-bond acceptors (Lipinski definition) is 2. The molecular weight excluding hydrogens is 348 g/mol. The molecule has 0 aliphatic heterocycles. The summed E-state index contributed by atoms with van der Waals surface area (Å²) < 4.78 is 1.03. The third-order valence-corrected chi connectivity index (χ3v) is 3.90. The lowest BCUT2D eigenvalue weighted by molar-refractivity contribution is 0.0953. The Bertz CT molecular complexity index is 672. The minimum atomic E-state index is -0.0462. The Labute approximate surface area is 138 Å². The van der Waals surface area contributed by atoms with Gasteiger partial charge in [0.1, 0.15) is 0 Å². The quantitative estimate of drug-likeness (QED) is 0.605. The molecule has 0 saturated carbocycles. The first kappa shape index (κ1) is 15.9. The van der Waals surface area contributed by atoms with Gasteiger partial charge in [0.05, 0.1) is 4.99 Å². The molecule has 0 unspecified atom stereocenters. The van der Waals surface area contributed by atoms with Gasteiger partial charge in [-0.25, -0.2) is 0 Å². The fraction of sp³-hybridized carbons (Fsp3) is 0.250. The maximum Gasteiger partial charge on any atom is 0.251 e. The van der Waals surface area contributed by atoms with Gasteiger partial charge in [0.15, 0.2) is 0 Å². The number of thiocarbonyl (C=S) groups is 1. The molecule has 0 aromatic heterocycles. The Hall–Kier alpha value is -1.46. The fourth-order valence-electron chi connectivity index (χ4n) is 2.09. The number of carbonyl (C=O) groups is 1. The van der Waals surface area contributed by atoms with Gasteiger partial charge in [-0.2, -0.15) is 0 Å². The van der Waals surface area contributed by atoms with E-state index in [0.29, 0.717) is 17.1 Å². The van der Waals surface area contributed by atoms with E-state index in [2.05, 4.69) is 21.2 Å². The van der Waals surface area contributed by atoms with Crippen LogP contribution in [0.2, 0.25) is 0 Å². The Kier molecular flexibility index (Phi) is 5.70. The molecule has 0 spiro atoms. The summed E-state index contributed by atoms with van der Waals surface area (Å²) in [5, 5.41) is 5.08. The molecule has 3 nitrogen and oxygen atoms in total. The van der Waals surface area contributed by atoms with E-state index < -0.39 is 0 Å². The summed E-state index contributed by atoms with van der Waals surface area (Å²) in [7, 11) is 0. The normalized spacial score (nSPS) is 10.5. The van der Waals surface area contributed by atoms with E-state index in [0.717, 1.165) is 34.5 Å². The second-order valence-corrected chi connectivity index (χ2v) is 6.33. The zero-order valence-electron chi connectivity index (χ0n) is 11.6. The molecule has 0 bridgehead atoms. The Morgan fingerprint density at radius 1 is 1.14 bits per heavy atom. The van der Waals surface area contributed by atoms with Crippen LogP contribution >= 0.6 is 28.1 Å². The Balaban J connectivity index is 1.93. The highest BCUT2D eigenvalue weighted by molar-refractivity contribution is 9.10. The van der Waals surface area contributed by atoms with Gasteiger partial charge >= 0.3 is 0 Å². The molecule has 2 aromatic rings. The van der Waals surface area contributed by atoms with E-state index in [-0.39, 0.29) is 5.91 Å². The summed E-state index contributed by atoms with van der Waals surface area (Å²) in [4.78, 5) is 12.6. The number of carbonyl (C=O) groups excluding carboxylic acids is 1. The van der Waals surface area contributed by atoms with E-state index in [1.807, 2.05) is 36.4 Å². The van der Waals surface area contributed by atoms with Crippen molar-refractivity contribution in [2.24, 2.45) is 5.73 Å². The molecule has 0 saturated heterocycles. The lowest BCUT2D eigenvalue weighted by Crippen LogP contribution is -2.24. The molecule has 0 atom stereocenters. The molecule has 2 aromatic carbocycles. The smallest absolute Gasteiger partial charge is 0.251 e. The van der Waals surface area contributed by atoms with Crippen LogP contribution in [-0.4, -0.2) is 17.4 Å². The largest absolute Gasteiger partial charge is 0.393 e. The summed E-state index contributed by atoms with van der Waals surface area (Å²) >= 11 is 8.26. The molecule has 0 radical (unpaired) electrons. The zero-order valence-corrected chi connectivity index (χ0v) is 14.0. The van der Waals surface area contributed by atoms with Crippen molar-refractivity contribution in [3.8, 4) is 0 Å². The van der Waals surface area contributed by atoms with Crippen molar-refractivity contribution in [2.75, 3.05) is 6.54 Å². The predicted octanol–water partition coefficient (Wildman–Crippen LogP) is 3.79. The standard InChI is InChI=1S/C16H17BrN2OS/c17-14-7-6-11-9-13(5-4-12(11)10-14)16(20)19-8-2-1-3-15(18)21/h4-7,9-10H,1-3,8H2,(H2,18,21)(H,19,20). The van der Waals surface area contributed by atoms with E-state index in [1.54, 1.807) is 0 Å². The Morgan fingerprint density at radius 3 is 2.62 bits per heavy atom. The highest BCUT2D eigenvalue weighted by Crippen LogP contribution is 2.20. The van der Waals surface area contributed by atoms with Gasteiger partial charge in [0, 0.05) is 16.6 Å². The third kappa shape index (κ3) is 4.79. The van der Waals surface area contributed by atoms with Crippen molar-refractivity contribution in [1.29, 1.82) is 0 Å². The van der Waals surface area contributed by atoms with Gasteiger partial charge in [0.25, 0.3) is 5.91 Å². The number of fused-ring (bicyclic) bond motifs is 1. The molecule has 0 heterocycles.